The quantitative estimate of drug-likeness (QED) is 0.497. The first-order valence-corrected chi connectivity index (χ1v) is 9.89. The molecule has 4 aromatic rings. The van der Waals surface area contributed by atoms with Gasteiger partial charge in [-0.2, -0.15) is 5.26 Å². The summed E-state index contributed by atoms with van der Waals surface area (Å²) in [6, 6.07) is 12.2. The summed E-state index contributed by atoms with van der Waals surface area (Å²) >= 11 is 3.00. The van der Waals surface area contributed by atoms with E-state index in [1.165, 1.54) is 23.1 Å². The number of nitriles is 1. The van der Waals surface area contributed by atoms with E-state index < -0.39 is 0 Å². The largest absolute Gasteiger partial charge is 0.383 e. The van der Waals surface area contributed by atoms with Crippen LogP contribution in [0.3, 0.4) is 0 Å². The molecule has 0 radical (unpaired) electrons. The lowest BCUT2D eigenvalue weighted by atomic mass is 10.2. The van der Waals surface area contributed by atoms with Crippen LogP contribution < -0.4 is 5.32 Å². The third kappa shape index (κ3) is 3.35. The highest BCUT2D eigenvalue weighted by atomic mass is 32.2. The van der Waals surface area contributed by atoms with Gasteiger partial charge in [-0.3, -0.25) is 4.40 Å². The summed E-state index contributed by atoms with van der Waals surface area (Å²) in [6.07, 6.45) is 0. The number of nitrogens with zero attached hydrogens (tertiary/aromatic N) is 5. The Labute approximate surface area is 164 Å². The lowest BCUT2D eigenvalue weighted by Crippen LogP contribution is -2.06. The monoisotopic (exact) mass is 396 g/mol. The highest BCUT2D eigenvalue weighted by molar-refractivity contribution is 8.01. The summed E-state index contributed by atoms with van der Waals surface area (Å²) in [4.78, 5) is 4.67. The van der Waals surface area contributed by atoms with Crippen molar-refractivity contribution in [2.75, 3.05) is 25.6 Å². The molecule has 0 amide bonds. The van der Waals surface area contributed by atoms with Gasteiger partial charge in [-0.25, -0.2) is 4.98 Å². The molecule has 0 saturated heterocycles. The van der Waals surface area contributed by atoms with Crippen LogP contribution in [-0.2, 0) is 4.74 Å². The maximum absolute atomic E-state index is 9.58. The minimum Gasteiger partial charge on any atom is -0.383 e. The van der Waals surface area contributed by atoms with Crippen molar-refractivity contribution in [1.29, 1.82) is 5.26 Å². The zero-order chi connectivity index (χ0) is 18.8. The maximum atomic E-state index is 9.58. The van der Waals surface area contributed by atoms with Crippen LogP contribution in [0.4, 0.5) is 5.13 Å². The van der Waals surface area contributed by atoms with Gasteiger partial charge in [0.1, 0.15) is 6.07 Å². The van der Waals surface area contributed by atoms with Crippen molar-refractivity contribution in [1.82, 2.24) is 19.6 Å². The van der Waals surface area contributed by atoms with Crippen molar-refractivity contribution < 1.29 is 4.74 Å². The molecule has 0 spiro atoms. The van der Waals surface area contributed by atoms with E-state index in [-0.39, 0.29) is 0 Å². The average Bonchev–Trinajstić information content (AvgIpc) is 3.26. The predicted octanol–water partition coefficient (Wildman–Crippen LogP) is 3.73. The fourth-order valence-corrected chi connectivity index (χ4v) is 4.74. The standard InChI is InChI=1S/C18H16N6OS2/c1-11-9-15(26-18-23-22-17(27-18)20-7-8-25-2)24-14-6-4-3-5-13(14)21-16(24)12(11)10-19/h3-6,9H,7-8H2,1-2H3,(H,20,22). The molecule has 0 fully saturated rings. The van der Waals surface area contributed by atoms with Crippen LogP contribution in [0.25, 0.3) is 16.7 Å². The Morgan fingerprint density at radius 3 is 3.00 bits per heavy atom. The van der Waals surface area contributed by atoms with Gasteiger partial charge in [0.15, 0.2) is 9.99 Å². The number of imidazole rings is 1. The average molecular weight is 397 g/mol. The fourth-order valence-electron chi connectivity index (χ4n) is 2.80. The van der Waals surface area contributed by atoms with Crippen molar-refractivity contribution in [2.24, 2.45) is 0 Å². The molecule has 9 heteroatoms. The van der Waals surface area contributed by atoms with Crippen LogP contribution in [0.2, 0.25) is 0 Å². The van der Waals surface area contributed by atoms with Crippen LogP contribution in [-0.4, -0.2) is 39.8 Å². The van der Waals surface area contributed by atoms with E-state index in [1.807, 2.05) is 41.7 Å². The van der Waals surface area contributed by atoms with Crippen molar-refractivity contribution >= 4 is 44.9 Å². The number of methoxy groups -OCH3 is 1. The molecule has 3 heterocycles. The predicted molar refractivity (Wildman–Crippen MR) is 107 cm³/mol. The lowest BCUT2D eigenvalue weighted by molar-refractivity contribution is 0.211. The Hall–Kier alpha value is -2.67. The van der Waals surface area contributed by atoms with Gasteiger partial charge in [0.2, 0.25) is 5.13 Å². The number of pyridine rings is 1. The number of aromatic nitrogens is 4. The first-order chi connectivity index (χ1) is 13.2. The number of rotatable bonds is 6. The van der Waals surface area contributed by atoms with Crippen LogP contribution in [0, 0.1) is 18.3 Å². The van der Waals surface area contributed by atoms with Crippen LogP contribution in [0.15, 0.2) is 39.7 Å². The molecule has 7 nitrogen and oxygen atoms in total. The highest BCUT2D eigenvalue weighted by Crippen LogP contribution is 2.35. The Bertz CT molecular complexity index is 1160. The second-order valence-corrected chi connectivity index (χ2v) is 8.05. The Kier molecular flexibility index (Phi) is 4.94. The molecule has 0 aliphatic rings. The number of para-hydroxylation sites is 2. The maximum Gasteiger partial charge on any atom is 0.206 e. The number of aryl methyl sites for hydroxylation is 1. The minimum atomic E-state index is 0.592. The minimum absolute atomic E-state index is 0.592. The van der Waals surface area contributed by atoms with E-state index in [4.69, 9.17) is 4.74 Å². The van der Waals surface area contributed by atoms with Gasteiger partial charge in [-0.15, -0.1) is 10.2 Å². The molecule has 1 N–H and O–H groups in total. The van der Waals surface area contributed by atoms with Crippen molar-refractivity contribution in [3.8, 4) is 6.07 Å². The summed E-state index contributed by atoms with van der Waals surface area (Å²) in [6.45, 7) is 3.22. The third-order valence-electron chi connectivity index (χ3n) is 4.03. The molecule has 136 valence electrons. The van der Waals surface area contributed by atoms with Crippen molar-refractivity contribution in [3.05, 3.63) is 41.5 Å². The normalized spacial score (nSPS) is 11.1. The zero-order valence-corrected chi connectivity index (χ0v) is 16.4. The van der Waals surface area contributed by atoms with Gasteiger partial charge >= 0.3 is 0 Å². The van der Waals surface area contributed by atoms with Crippen molar-refractivity contribution in [3.63, 3.8) is 0 Å². The molecule has 27 heavy (non-hydrogen) atoms. The fraction of sp³-hybridized carbons (Fsp3) is 0.222. The van der Waals surface area contributed by atoms with Gasteiger partial charge in [-0.05, 0) is 42.4 Å². The molecule has 0 unspecified atom stereocenters. The van der Waals surface area contributed by atoms with E-state index in [9.17, 15) is 5.26 Å². The molecule has 0 aliphatic carbocycles. The molecule has 3 aromatic heterocycles. The summed E-state index contributed by atoms with van der Waals surface area (Å²) in [7, 11) is 1.66. The van der Waals surface area contributed by atoms with E-state index in [2.05, 4.69) is 26.6 Å². The number of hydrogen-bond acceptors (Lipinski definition) is 8. The van der Waals surface area contributed by atoms with Gasteiger partial charge in [-0.1, -0.05) is 23.5 Å². The molecule has 1 aromatic carbocycles. The summed E-state index contributed by atoms with van der Waals surface area (Å²) < 4.78 is 7.87. The molecule has 0 bridgehead atoms. The molecule has 4 rings (SSSR count). The zero-order valence-electron chi connectivity index (χ0n) is 14.8. The molecule has 0 atom stereocenters. The van der Waals surface area contributed by atoms with E-state index in [0.717, 1.165) is 31.1 Å². The number of ether oxygens (including phenoxy) is 1. The van der Waals surface area contributed by atoms with Crippen LogP contribution in [0.5, 0.6) is 0 Å². The summed E-state index contributed by atoms with van der Waals surface area (Å²) in [5.41, 5.74) is 3.99. The Morgan fingerprint density at radius 2 is 2.19 bits per heavy atom. The SMILES string of the molecule is COCCNc1nnc(Sc2cc(C)c(C#N)c3nc4ccccc4n23)s1. The number of fused-ring (bicyclic) bond motifs is 3. The first kappa shape index (κ1) is 17.7. The van der Waals surface area contributed by atoms with Gasteiger partial charge in [0.25, 0.3) is 0 Å². The summed E-state index contributed by atoms with van der Waals surface area (Å²) in [5, 5.41) is 22.9. The molecular formula is C18H16N6OS2. The number of benzene rings is 1. The van der Waals surface area contributed by atoms with E-state index in [0.29, 0.717) is 24.4 Å². The van der Waals surface area contributed by atoms with Gasteiger partial charge in [0.05, 0.1) is 28.2 Å². The number of hydrogen-bond donors (Lipinski definition) is 1. The van der Waals surface area contributed by atoms with Gasteiger partial charge in [0, 0.05) is 13.7 Å². The molecule has 0 saturated carbocycles. The van der Waals surface area contributed by atoms with E-state index >= 15 is 0 Å². The topological polar surface area (TPSA) is 88.1 Å². The number of nitrogens with one attached hydrogen (secondary N) is 1. The second kappa shape index (κ2) is 7.52. The Morgan fingerprint density at radius 1 is 1.33 bits per heavy atom. The highest BCUT2D eigenvalue weighted by Gasteiger charge is 2.17. The van der Waals surface area contributed by atoms with E-state index in [1.54, 1.807) is 7.11 Å². The number of anilines is 1. The lowest BCUT2D eigenvalue weighted by Gasteiger charge is -2.08. The van der Waals surface area contributed by atoms with Crippen LogP contribution >= 0.6 is 23.1 Å². The van der Waals surface area contributed by atoms with Crippen molar-refractivity contribution in [2.45, 2.75) is 16.3 Å². The molecular weight excluding hydrogens is 380 g/mol. The first-order valence-electron chi connectivity index (χ1n) is 8.26. The second-order valence-electron chi connectivity index (χ2n) is 5.81. The van der Waals surface area contributed by atoms with Crippen LogP contribution in [0.1, 0.15) is 11.1 Å². The summed E-state index contributed by atoms with van der Waals surface area (Å²) in [5.74, 6) is 0. The third-order valence-corrected chi connectivity index (χ3v) is 5.97. The Balaban J connectivity index is 1.77. The smallest absolute Gasteiger partial charge is 0.206 e. The molecule has 0 aliphatic heterocycles. The van der Waals surface area contributed by atoms with Gasteiger partial charge < -0.3 is 10.1 Å².